The highest BCUT2D eigenvalue weighted by Crippen LogP contribution is 2.39. The van der Waals surface area contributed by atoms with Gasteiger partial charge >= 0.3 is 0 Å². The number of aromatic hydroxyl groups is 1. The Kier molecular flexibility index (Phi) is 3.50. The second-order valence-corrected chi connectivity index (χ2v) is 6.24. The van der Waals surface area contributed by atoms with Crippen LogP contribution in [0.3, 0.4) is 0 Å². The molecule has 0 spiro atoms. The second kappa shape index (κ2) is 5.14. The lowest BCUT2D eigenvalue weighted by molar-refractivity contribution is 0.245. The minimum Gasteiger partial charge on any atom is -0.508 e. The van der Waals surface area contributed by atoms with Crippen LogP contribution in [0.1, 0.15) is 37.8 Å². The number of rotatable bonds is 2. The van der Waals surface area contributed by atoms with Gasteiger partial charge in [0.1, 0.15) is 5.75 Å². The first-order valence-electron chi connectivity index (χ1n) is 7.43. The van der Waals surface area contributed by atoms with Crippen LogP contribution in [0.2, 0.25) is 0 Å². The molecule has 2 fully saturated rings. The summed E-state index contributed by atoms with van der Waals surface area (Å²) < 4.78 is 0. The largest absolute Gasteiger partial charge is 0.508 e. The van der Waals surface area contributed by atoms with Crippen LogP contribution < -0.4 is 5.73 Å². The van der Waals surface area contributed by atoms with Crippen molar-refractivity contribution in [1.82, 2.24) is 4.90 Å². The van der Waals surface area contributed by atoms with Crippen molar-refractivity contribution >= 4 is 0 Å². The second-order valence-electron chi connectivity index (χ2n) is 6.24. The fraction of sp³-hybridized carbons (Fsp3) is 0.625. The Balaban J connectivity index is 1.73. The predicted octanol–water partition coefficient (Wildman–Crippen LogP) is 2.51. The van der Waals surface area contributed by atoms with Crippen LogP contribution in [0.5, 0.6) is 5.75 Å². The normalized spacial score (nSPS) is 33.1. The zero-order valence-electron chi connectivity index (χ0n) is 11.6. The van der Waals surface area contributed by atoms with E-state index >= 15 is 0 Å². The van der Waals surface area contributed by atoms with Gasteiger partial charge in [-0.2, -0.15) is 0 Å². The maximum atomic E-state index is 9.61. The molecule has 19 heavy (non-hydrogen) atoms. The molecule has 1 aliphatic heterocycles. The van der Waals surface area contributed by atoms with E-state index in [1.807, 2.05) is 12.1 Å². The van der Waals surface area contributed by atoms with Gasteiger partial charge in [0.2, 0.25) is 0 Å². The molecule has 2 aliphatic rings. The molecule has 104 valence electrons. The van der Waals surface area contributed by atoms with Crippen molar-refractivity contribution in [3.05, 3.63) is 29.8 Å². The van der Waals surface area contributed by atoms with Gasteiger partial charge in [-0.3, -0.25) is 4.90 Å². The molecule has 4 atom stereocenters. The van der Waals surface area contributed by atoms with E-state index in [1.165, 1.54) is 24.8 Å². The van der Waals surface area contributed by atoms with Crippen molar-refractivity contribution in [1.29, 1.82) is 0 Å². The number of likely N-dealkylation sites (tertiary alicyclic amines) is 1. The summed E-state index contributed by atoms with van der Waals surface area (Å²) in [7, 11) is 0. The lowest BCUT2D eigenvalue weighted by Gasteiger charge is -2.30. The van der Waals surface area contributed by atoms with Crippen LogP contribution in [-0.4, -0.2) is 29.1 Å². The predicted molar refractivity (Wildman–Crippen MR) is 76.9 cm³/mol. The summed E-state index contributed by atoms with van der Waals surface area (Å²) in [6, 6.07) is 8.40. The minimum atomic E-state index is 0.359. The standard InChI is InChI=1S/C16H24N2O/c1-11(12-4-2-6-14(19)8-12)18-9-13-5-3-7-16(17)15(13)10-18/h2,4,6,8,11,13,15-16,19H,3,5,7,9-10,17H2,1H3. The first-order valence-corrected chi connectivity index (χ1v) is 7.43. The molecule has 0 bridgehead atoms. The van der Waals surface area contributed by atoms with E-state index in [4.69, 9.17) is 5.73 Å². The van der Waals surface area contributed by atoms with Crippen LogP contribution in [-0.2, 0) is 0 Å². The molecule has 3 N–H and O–H groups in total. The van der Waals surface area contributed by atoms with E-state index in [0.29, 0.717) is 23.8 Å². The number of nitrogens with zero attached hydrogens (tertiary/aromatic N) is 1. The average Bonchev–Trinajstić information content (AvgIpc) is 2.83. The van der Waals surface area contributed by atoms with Crippen LogP contribution in [0.25, 0.3) is 0 Å². The van der Waals surface area contributed by atoms with E-state index in [1.54, 1.807) is 6.07 Å². The number of benzene rings is 1. The maximum Gasteiger partial charge on any atom is 0.115 e. The zero-order chi connectivity index (χ0) is 13.4. The van der Waals surface area contributed by atoms with Crippen molar-refractivity contribution in [3.8, 4) is 5.75 Å². The smallest absolute Gasteiger partial charge is 0.115 e. The molecule has 1 aromatic carbocycles. The van der Waals surface area contributed by atoms with Gasteiger partial charge in [0.25, 0.3) is 0 Å². The first kappa shape index (κ1) is 12.9. The monoisotopic (exact) mass is 260 g/mol. The van der Waals surface area contributed by atoms with E-state index in [-0.39, 0.29) is 0 Å². The van der Waals surface area contributed by atoms with Gasteiger partial charge in [-0.1, -0.05) is 18.6 Å². The fourth-order valence-corrected chi connectivity index (χ4v) is 3.86. The number of phenols is 1. The number of hydrogen-bond donors (Lipinski definition) is 2. The molecule has 1 aromatic rings. The molecule has 0 radical (unpaired) electrons. The zero-order valence-corrected chi connectivity index (χ0v) is 11.6. The molecule has 1 saturated heterocycles. The van der Waals surface area contributed by atoms with Gasteiger partial charge in [0.05, 0.1) is 0 Å². The molecule has 3 heteroatoms. The number of fused-ring (bicyclic) bond motifs is 1. The highest BCUT2D eigenvalue weighted by molar-refractivity contribution is 5.29. The van der Waals surface area contributed by atoms with Crippen molar-refractivity contribution < 1.29 is 5.11 Å². The lowest BCUT2D eigenvalue weighted by Crippen LogP contribution is -2.38. The molecular formula is C16H24N2O. The van der Waals surface area contributed by atoms with E-state index < -0.39 is 0 Å². The molecule has 4 unspecified atom stereocenters. The summed E-state index contributed by atoms with van der Waals surface area (Å²) in [5.74, 6) is 1.81. The van der Waals surface area contributed by atoms with E-state index in [0.717, 1.165) is 19.0 Å². The van der Waals surface area contributed by atoms with Crippen molar-refractivity contribution in [2.45, 2.75) is 38.3 Å². The molecular weight excluding hydrogens is 236 g/mol. The maximum absolute atomic E-state index is 9.61. The summed E-state index contributed by atoms with van der Waals surface area (Å²) in [6.07, 6.45) is 3.81. The summed E-state index contributed by atoms with van der Waals surface area (Å²) >= 11 is 0. The minimum absolute atomic E-state index is 0.359. The van der Waals surface area contributed by atoms with Crippen molar-refractivity contribution in [2.24, 2.45) is 17.6 Å². The third kappa shape index (κ3) is 2.49. The summed E-state index contributed by atoms with van der Waals surface area (Å²) in [5, 5.41) is 9.61. The van der Waals surface area contributed by atoms with E-state index in [9.17, 15) is 5.11 Å². The quantitative estimate of drug-likeness (QED) is 0.859. The Labute approximate surface area is 115 Å². The van der Waals surface area contributed by atoms with Crippen molar-refractivity contribution in [2.75, 3.05) is 13.1 Å². The Morgan fingerprint density at radius 2 is 2.16 bits per heavy atom. The molecule has 1 heterocycles. The molecule has 0 amide bonds. The third-order valence-corrected chi connectivity index (χ3v) is 5.08. The van der Waals surface area contributed by atoms with Crippen LogP contribution in [0, 0.1) is 11.8 Å². The highest BCUT2D eigenvalue weighted by atomic mass is 16.3. The van der Waals surface area contributed by atoms with E-state index in [2.05, 4.69) is 17.9 Å². The third-order valence-electron chi connectivity index (χ3n) is 5.08. The van der Waals surface area contributed by atoms with Gasteiger partial charge in [0, 0.05) is 25.2 Å². The fourth-order valence-electron chi connectivity index (χ4n) is 3.86. The van der Waals surface area contributed by atoms with Gasteiger partial charge in [-0.15, -0.1) is 0 Å². The van der Waals surface area contributed by atoms with Crippen molar-refractivity contribution in [3.63, 3.8) is 0 Å². The lowest BCUT2D eigenvalue weighted by atomic mass is 9.78. The van der Waals surface area contributed by atoms with Gasteiger partial charge in [-0.05, 0) is 49.3 Å². The van der Waals surface area contributed by atoms with Gasteiger partial charge in [-0.25, -0.2) is 0 Å². The highest BCUT2D eigenvalue weighted by Gasteiger charge is 2.40. The molecule has 3 rings (SSSR count). The van der Waals surface area contributed by atoms with Gasteiger partial charge in [0.15, 0.2) is 0 Å². The molecule has 1 saturated carbocycles. The Bertz CT molecular complexity index is 448. The Morgan fingerprint density at radius 1 is 1.32 bits per heavy atom. The number of phenolic OH excluding ortho intramolecular Hbond substituents is 1. The summed E-state index contributed by atoms with van der Waals surface area (Å²) in [6.45, 7) is 4.51. The molecule has 1 aliphatic carbocycles. The van der Waals surface area contributed by atoms with Crippen LogP contribution >= 0.6 is 0 Å². The number of hydrogen-bond acceptors (Lipinski definition) is 3. The molecule has 0 aromatic heterocycles. The topological polar surface area (TPSA) is 49.5 Å². The number of nitrogens with two attached hydrogens (primary N) is 1. The summed E-state index contributed by atoms with van der Waals surface area (Å²) in [5.41, 5.74) is 7.48. The average molecular weight is 260 g/mol. The van der Waals surface area contributed by atoms with Crippen LogP contribution in [0.15, 0.2) is 24.3 Å². The van der Waals surface area contributed by atoms with Crippen LogP contribution in [0.4, 0.5) is 0 Å². The SMILES string of the molecule is CC(c1cccc(O)c1)N1CC2CCCC(N)C2C1. The summed E-state index contributed by atoms with van der Waals surface area (Å²) in [4.78, 5) is 2.54. The Hall–Kier alpha value is -1.06. The first-order chi connectivity index (χ1) is 9.15. The molecule has 3 nitrogen and oxygen atoms in total. The Morgan fingerprint density at radius 3 is 2.89 bits per heavy atom. The van der Waals surface area contributed by atoms with Gasteiger partial charge < -0.3 is 10.8 Å².